The van der Waals surface area contributed by atoms with E-state index in [4.69, 9.17) is 9.47 Å². The van der Waals surface area contributed by atoms with Crippen molar-refractivity contribution in [2.45, 2.75) is 45.3 Å². The number of hydrogen-bond donors (Lipinski definition) is 0. The normalized spacial score (nSPS) is 21.0. The Bertz CT molecular complexity index is 543. The number of ketones is 1. The highest BCUT2D eigenvalue weighted by atomic mass is 16.6. The Morgan fingerprint density at radius 3 is 2.71 bits per heavy atom. The first kappa shape index (κ1) is 15.4. The minimum absolute atomic E-state index is 0.0127. The topological polar surface area (TPSA) is 78.7 Å². The van der Waals surface area contributed by atoms with E-state index in [1.54, 1.807) is 12.1 Å². The summed E-state index contributed by atoms with van der Waals surface area (Å²) >= 11 is 0. The SMILES string of the molecule is CCCOC1C(=O)CC1Oc1ccc(CC)cc1[N+](=O)[O-]. The number of benzene rings is 1. The van der Waals surface area contributed by atoms with Crippen molar-refractivity contribution in [1.29, 1.82) is 0 Å². The molecule has 1 saturated carbocycles. The van der Waals surface area contributed by atoms with E-state index in [1.165, 1.54) is 6.07 Å². The molecule has 6 heteroatoms. The largest absolute Gasteiger partial charge is 0.480 e. The summed E-state index contributed by atoms with van der Waals surface area (Å²) in [7, 11) is 0. The molecule has 1 aromatic rings. The van der Waals surface area contributed by atoms with Crippen LogP contribution in [0.2, 0.25) is 0 Å². The van der Waals surface area contributed by atoms with Gasteiger partial charge in [-0.15, -0.1) is 0 Å². The number of nitrogens with zero attached hydrogens (tertiary/aromatic N) is 1. The fourth-order valence-electron chi connectivity index (χ4n) is 2.21. The molecular formula is C15H19NO5. The molecule has 0 heterocycles. The molecule has 21 heavy (non-hydrogen) atoms. The lowest BCUT2D eigenvalue weighted by Gasteiger charge is -2.34. The van der Waals surface area contributed by atoms with Crippen molar-refractivity contribution in [3.05, 3.63) is 33.9 Å². The van der Waals surface area contributed by atoms with Crippen LogP contribution in [0, 0.1) is 10.1 Å². The van der Waals surface area contributed by atoms with Crippen LogP contribution >= 0.6 is 0 Å². The second-order valence-electron chi connectivity index (χ2n) is 5.03. The lowest BCUT2D eigenvalue weighted by Crippen LogP contribution is -2.52. The number of rotatable bonds is 7. The molecule has 0 aliphatic heterocycles. The number of aryl methyl sites for hydroxylation is 1. The Kier molecular flexibility index (Phi) is 4.90. The average molecular weight is 293 g/mol. The van der Waals surface area contributed by atoms with Crippen LogP contribution in [0.5, 0.6) is 5.75 Å². The Morgan fingerprint density at radius 1 is 1.38 bits per heavy atom. The highest BCUT2D eigenvalue weighted by molar-refractivity contribution is 5.90. The molecule has 0 bridgehead atoms. The van der Waals surface area contributed by atoms with E-state index in [1.807, 2.05) is 13.8 Å². The summed E-state index contributed by atoms with van der Waals surface area (Å²) in [5.41, 5.74) is 0.806. The van der Waals surface area contributed by atoms with Crippen molar-refractivity contribution < 1.29 is 19.2 Å². The molecule has 0 spiro atoms. The molecule has 2 unspecified atom stereocenters. The van der Waals surface area contributed by atoms with Gasteiger partial charge in [0.25, 0.3) is 0 Å². The molecule has 1 aliphatic carbocycles. The highest BCUT2D eigenvalue weighted by Crippen LogP contribution is 2.33. The van der Waals surface area contributed by atoms with Crippen LogP contribution in [0.15, 0.2) is 18.2 Å². The summed E-state index contributed by atoms with van der Waals surface area (Å²) in [5.74, 6) is 0.182. The van der Waals surface area contributed by atoms with Gasteiger partial charge < -0.3 is 9.47 Å². The van der Waals surface area contributed by atoms with Crippen LogP contribution in [0.4, 0.5) is 5.69 Å². The van der Waals surface area contributed by atoms with Crippen molar-refractivity contribution in [3.8, 4) is 5.75 Å². The van der Waals surface area contributed by atoms with Gasteiger partial charge in [-0.25, -0.2) is 0 Å². The number of ether oxygens (including phenoxy) is 2. The lowest BCUT2D eigenvalue weighted by molar-refractivity contribution is -0.386. The molecule has 114 valence electrons. The van der Waals surface area contributed by atoms with Gasteiger partial charge in [0.15, 0.2) is 17.6 Å². The van der Waals surface area contributed by atoms with Gasteiger partial charge in [-0.05, 0) is 24.5 Å². The third-order valence-electron chi connectivity index (χ3n) is 3.47. The lowest BCUT2D eigenvalue weighted by atomic mass is 9.90. The summed E-state index contributed by atoms with van der Waals surface area (Å²) < 4.78 is 11.1. The monoisotopic (exact) mass is 293 g/mol. The molecule has 0 amide bonds. The number of carbonyl (C=O) groups excluding carboxylic acids is 1. The predicted molar refractivity (Wildman–Crippen MR) is 76.5 cm³/mol. The first-order chi connectivity index (χ1) is 10.1. The second-order valence-corrected chi connectivity index (χ2v) is 5.03. The van der Waals surface area contributed by atoms with Gasteiger partial charge >= 0.3 is 5.69 Å². The number of nitro groups is 1. The molecular weight excluding hydrogens is 274 g/mol. The number of hydrogen-bond acceptors (Lipinski definition) is 5. The zero-order valence-electron chi connectivity index (χ0n) is 12.2. The minimum atomic E-state index is -0.601. The van der Waals surface area contributed by atoms with Gasteiger partial charge in [-0.3, -0.25) is 14.9 Å². The van der Waals surface area contributed by atoms with Crippen LogP contribution in [0.25, 0.3) is 0 Å². The maximum Gasteiger partial charge on any atom is 0.311 e. The molecule has 0 N–H and O–H groups in total. The molecule has 0 radical (unpaired) electrons. The van der Waals surface area contributed by atoms with E-state index in [9.17, 15) is 14.9 Å². The van der Waals surface area contributed by atoms with Gasteiger partial charge in [0.05, 0.1) is 4.92 Å². The van der Waals surface area contributed by atoms with Gasteiger partial charge in [-0.1, -0.05) is 19.9 Å². The van der Waals surface area contributed by atoms with E-state index >= 15 is 0 Å². The van der Waals surface area contributed by atoms with Crippen LogP contribution in [-0.2, 0) is 16.0 Å². The van der Waals surface area contributed by atoms with E-state index in [2.05, 4.69) is 0 Å². The Morgan fingerprint density at radius 2 is 2.14 bits per heavy atom. The third-order valence-corrected chi connectivity index (χ3v) is 3.47. The standard InChI is InChI=1S/C15H19NO5/c1-3-7-20-15-12(17)9-14(15)21-13-6-5-10(4-2)8-11(13)16(18)19/h5-6,8,14-15H,3-4,7,9H2,1-2H3. The quantitative estimate of drug-likeness (QED) is 0.570. The molecule has 2 atom stereocenters. The maximum atomic E-state index is 11.5. The van der Waals surface area contributed by atoms with Crippen molar-refractivity contribution in [1.82, 2.24) is 0 Å². The predicted octanol–water partition coefficient (Wildman–Crippen LogP) is 2.67. The van der Waals surface area contributed by atoms with E-state index < -0.39 is 17.1 Å². The van der Waals surface area contributed by atoms with Crippen LogP contribution in [-0.4, -0.2) is 29.5 Å². The smallest absolute Gasteiger partial charge is 0.311 e. The number of Topliss-reactive ketones (excluding diaryl/α,β-unsaturated/α-hetero) is 1. The van der Waals surface area contributed by atoms with E-state index in [-0.39, 0.29) is 23.6 Å². The summed E-state index contributed by atoms with van der Waals surface area (Å²) in [6, 6.07) is 4.90. The molecule has 1 aromatic carbocycles. The first-order valence-electron chi connectivity index (χ1n) is 7.15. The minimum Gasteiger partial charge on any atom is -0.480 e. The molecule has 0 aromatic heterocycles. The molecule has 6 nitrogen and oxygen atoms in total. The van der Waals surface area contributed by atoms with Gasteiger partial charge in [0.2, 0.25) is 0 Å². The zero-order valence-corrected chi connectivity index (χ0v) is 12.2. The zero-order chi connectivity index (χ0) is 15.4. The molecule has 1 aliphatic rings. The van der Waals surface area contributed by atoms with Crippen molar-refractivity contribution >= 4 is 11.5 Å². The van der Waals surface area contributed by atoms with Crippen LogP contribution in [0.1, 0.15) is 32.3 Å². The fraction of sp³-hybridized carbons (Fsp3) is 0.533. The van der Waals surface area contributed by atoms with Gasteiger partial charge in [0, 0.05) is 19.1 Å². The van der Waals surface area contributed by atoms with Gasteiger partial charge in [0.1, 0.15) is 6.10 Å². The first-order valence-corrected chi connectivity index (χ1v) is 7.15. The summed E-state index contributed by atoms with van der Waals surface area (Å²) in [5, 5.41) is 11.1. The second kappa shape index (κ2) is 6.67. The highest BCUT2D eigenvalue weighted by Gasteiger charge is 2.43. The van der Waals surface area contributed by atoms with Crippen molar-refractivity contribution in [2.75, 3.05) is 6.61 Å². The molecule has 0 saturated heterocycles. The van der Waals surface area contributed by atoms with E-state index in [0.29, 0.717) is 13.0 Å². The van der Waals surface area contributed by atoms with Crippen molar-refractivity contribution in [3.63, 3.8) is 0 Å². The Labute approximate surface area is 123 Å². The average Bonchev–Trinajstić information content (AvgIpc) is 2.47. The van der Waals surface area contributed by atoms with Crippen LogP contribution in [0.3, 0.4) is 0 Å². The van der Waals surface area contributed by atoms with Crippen LogP contribution < -0.4 is 4.74 Å². The summed E-state index contributed by atoms with van der Waals surface area (Å²) in [6.45, 7) is 4.36. The fourth-order valence-corrected chi connectivity index (χ4v) is 2.21. The van der Waals surface area contributed by atoms with E-state index in [0.717, 1.165) is 12.0 Å². The summed E-state index contributed by atoms with van der Waals surface area (Å²) in [6.07, 6.45) is 0.722. The number of nitro benzene ring substituents is 1. The third kappa shape index (κ3) is 3.39. The Balaban J connectivity index is 2.12. The van der Waals surface area contributed by atoms with Crippen molar-refractivity contribution in [2.24, 2.45) is 0 Å². The van der Waals surface area contributed by atoms with Gasteiger partial charge in [-0.2, -0.15) is 0 Å². The maximum absolute atomic E-state index is 11.5. The number of carbonyl (C=O) groups is 1. The Hall–Kier alpha value is -1.95. The molecule has 1 fully saturated rings. The molecule has 2 rings (SSSR count). The summed E-state index contributed by atoms with van der Waals surface area (Å²) in [4.78, 5) is 22.2.